The van der Waals surface area contributed by atoms with Crippen LogP contribution in [0.25, 0.3) is 22.3 Å². The van der Waals surface area contributed by atoms with Crippen LogP contribution >= 0.6 is 0 Å². The fourth-order valence-corrected chi connectivity index (χ4v) is 3.82. The number of hydrogen-bond acceptors (Lipinski definition) is 6. The Bertz CT molecular complexity index is 1160. The molecule has 30 heavy (non-hydrogen) atoms. The van der Waals surface area contributed by atoms with E-state index in [4.69, 9.17) is 15.6 Å². The molecular formula is C22H21FN6O. The molecule has 3 N–H and O–H groups in total. The average molecular weight is 404 g/mol. The summed E-state index contributed by atoms with van der Waals surface area (Å²) in [6.45, 7) is 1.03. The molecule has 8 heteroatoms. The SMILES string of the molecule is Nc1ncnc2c1c(-c1ccc(Oc3ccccc3)cc1)nn2C1CCNCC1F. The van der Waals surface area contributed by atoms with Gasteiger partial charge in [-0.2, -0.15) is 5.10 Å². The Morgan fingerprint density at radius 3 is 2.57 bits per heavy atom. The van der Waals surface area contributed by atoms with E-state index in [1.165, 1.54) is 6.33 Å². The molecule has 1 aliphatic rings. The normalized spacial score (nSPS) is 19.1. The van der Waals surface area contributed by atoms with Crippen LogP contribution in [0.3, 0.4) is 0 Å². The quantitative estimate of drug-likeness (QED) is 0.538. The monoisotopic (exact) mass is 404 g/mol. The number of alkyl halides is 1. The van der Waals surface area contributed by atoms with Gasteiger partial charge in [0.05, 0.1) is 11.4 Å². The summed E-state index contributed by atoms with van der Waals surface area (Å²) in [5, 5.41) is 8.44. The molecule has 0 aliphatic carbocycles. The third-order valence-corrected chi connectivity index (χ3v) is 5.31. The Labute approximate surface area is 172 Å². The van der Waals surface area contributed by atoms with Crippen LogP contribution in [0.15, 0.2) is 60.9 Å². The molecule has 3 heterocycles. The molecule has 0 bridgehead atoms. The maximum absolute atomic E-state index is 14.6. The summed E-state index contributed by atoms with van der Waals surface area (Å²) in [6, 6.07) is 16.7. The Kier molecular flexibility index (Phi) is 4.76. The van der Waals surface area contributed by atoms with Gasteiger partial charge in [0.25, 0.3) is 0 Å². The summed E-state index contributed by atoms with van der Waals surface area (Å²) < 4.78 is 22.2. The van der Waals surface area contributed by atoms with E-state index >= 15 is 0 Å². The Morgan fingerprint density at radius 2 is 1.80 bits per heavy atom. The van der Waals surface area contributed by atoms with Crippen molar-refractivity contribution in [1.82, 2.24) is 25.1 Å². The second-order valence-electron chi connectivity index (χ2n) is 7.27. The first kappa shape index (κ1) is 18.5. The van der Waals surface area contributed by atoms with E-state index in [0.29, 0.717) is 41.3 Å². The van der Waals surface area contributed by atoms with Crippen LogP contribution < -0.4 is 15.8 Å². The van der Waals surface area contributed by atoms with Gasteiger partial charge >= 0.3 is 0 Å². The number of halogens is 1. The lowest BCUT2D eigenvalue weighted by Gasteiger charge is -2.27. The number of nitrogen functional groups attached to an aromatic ring is 1. The fourth-order valence-electron chi connectivity index (χ4n) is 3.82. The smallest absolute Gasteiger partial charge is 0.164 e. The number of anilines is 1. The van der Waals surface area contributed by atoms with Crippen molar-refractivity contribution in [3.05, 3.63) is 60.9 Å². The van der Waals surface area contributed by atoms with Crippen molar-refractivity contribution in [2.45, 2.75) is 18.6 Å². The van der Waals surface area contributed by atoms with Crippen LogP contribution in [0.5, 0.6) is 11.5 Å². The fraction of sp³-hybridized carbons (Fsp3) is 0.227. The standard InChI is InChI=1S/C22H21FN6O/c23-17-12-25-11-10-18(17)29-22-19(21(24)26-13-27-22)20(28-29)14-6-8-16(9-7-14)30-15-4-2-1-3-5-15/h1-9,13,17-18,25H,10-12H2,(H2,24,26,27). The maximum Gasteiger partial charge on any atom is 0.164 e. The first-order valence-corrected chi connectivity index (χ1v) is 9.87. The van der Waals surface area contributed by atoms with Crippen LogP contribution in [0, 0.1) is 0 Å². The third kappa shape index (κ3) is 3.35. The summed E-state index contributed by atoms with van der Waals surface area (Å²) in [5.41, 5.74) is 8.20. The zero-order chi connectivity index (χ0) is 20.5. The lowest BCUT2D eigenvalue weighted by atomic mass is 10.1. The summed E-state index contributed by atoms with van der Waals surface area (Å²) in [6.07, 6.45) is 0.975. The van der Waals surface area contributed by atoms with Gasteiger partial charge < -0.3 is 15.8 Å². The molecule has 1 fully saturated rings. The van der Waals surface area contributed by atoms with Gasteiger partial charge in [0.15, 0.2) is 5.65 Å². The number of fused-ring (bicyclic) bond motifs is 1. The highest BCUT2D eigenvalue weighted by atomic mass is 19.1. The number of nitrogens with two attached hydrogens (primary N) is 1. The first-order chi connectivity index (χ1) is 14.7. The molecule has 1 aliphatic heterocycles. The molecule has 0 amide bonds. The highest BCUT2D eigenvalue weighted by Gasteiger charge is 2.30. The van der Waals surface area contributed by atoms with Gasteiger partial charge in [-0.1, -0.05) is 18.2 Å². The number of nitrogens with one attached hydrogen (secondary N) is 1. The molecule has 1 saturated heterocycles. The summed E-state index contributed by atoms with van der Waals surface area (Å²) >= 11 is 0. The number of piperidine rings is 1. The Balaban J connectivity index is 1.54. The van der Waals surface area contributed by atoms with E-state index in [-0.39, 0.29) is 0 Å². The van der Waals surface area contributed by atoms with E-state index in [1.807, 2.05) is 54.6 Å². The minimum Gasteiger partial charge on any atom is -0.457 e. The van der Waals surface area contributed by atoms with Gasteiger partial charge in [-0.3, -0.25) is 0 Å². The second-order valence-corrected chi connectivity index (χ2v) is 7.27. The summed E-state index contributed by atoms with van der Waals surface area (Å²) in [4.78, 5) is 8.50. The first-order valence-electron chi connectivity index (χ1n) is 9.87. The topological polar surface area (TPSA) is 90.9 Å². The van der Waals surface area contributed by atoms with E-state index in [0.717, 1.165) is 17.9 Å². The van der Waals surface area contributed by atoms with Gasteiger partial charge in [-0.05, 0) is 49.4 Å². The van der Waals surface area contributed by atoms with Gasteiger partial charge in [0.1, 0.15) is 35.5 Å². The molecule has 2 unspecified atom stereocenters. The number of aromatic nitrogens is 4. The minimum atomic E-state index is -1.05. The third-order valence-electron chi connectivity index (χ3n) is 5.31. The Hall–Kier alpha value is -3.52. The Morgan fingerprint density at radius 1 is 1.03 bits per heavy atom. The van der Waals surface area contributed by atoms with Crippen molar-refractivity contribution in [1.29, 1.82) is 0 Å². The molecule has 2 atom stereocenters. The predicted octanol–water partition coefficient (Wildman–Crippen LogP) is 3.74. The van der Waals surface area contributed by atoms with Crippen LogP contribution in [0.1, 0.15) is 12.5 Å². The summed E-state index contributed by atoms with van der Waals surface area (Å²) in [5.74, 6) is 1.80. The van der Waals surface area contributed by atoms with Crippen molar-refractivity contribution in [3.8, 4) is 22.8 Å². The minimum absolute atomic E-state index is 0.299. The molecular weight excluding hydrogens is 383 g/mol. The zero-order valence-electron chi connectivity index (χ0n) is 16.2. The molecule has 2 aromatic carbocycles. The molecule has 4 aromatic rings. The van der Waals surface area contributed by atoms with Crippen molar-refractivity contribution in [3.63, 3.8) is 0 Å². The average Bonchev–Trinajstić information content (AvgIpc) is 3.16. The number of hydrogen-bond donors (Lipinski definition) is 2. The predicted molar refractivity (Wildman–Crippen MR) is 113 cm³/mol. The molecule has 0 radical (unpaired) electrons. The van der Waals surface area contributed by atoms with E-state index in [1.54, 1.807) is 4.68 Å². The maximum atomic E-state index is 14.6. The number of benzene rings is 2. The molecule has 0 spiro atoms. The van der Waals surface area contributed by atoms with E-state index in [2.05, 4.69) is 15.3 Å². The number of ether oxygens (including phenoxy) is 1. The lowest BCUT2D eigenvalue weighted by Crippen LogP contribution is -2.39. The van der Waals surface area contributed by atoms with Crippen molar-refractivity contribution in [2.24, 2.45) is 0 Å². The van der Waals surface area contributed by atoms with Gasteiger partial charge in [-0.15, -0.1) is 0 Å². The van der Waals surface area contributed by atoms with Crippen molar-refractivity contribution >= 4 is 16.9 Å². The molecule has 2 aromatic heterocycles. The van der Waals surface area contributed by atoms with Crippen molar-refractivity contribution < 1.29 is 9.13 Å². The molecule has 0 saturated carbocycles. The second kappa shape index (κ2) is 7.72. The van der Waals surface area contributed by atoms with E-state index in [9.17, 15) is 4.39 Å². The van der Waals surface area contributed by atoms with Crippen LogP contribution in [-0.4, -0.2) is 39.0 Å². The number of nitrogens with zero attached hydrogens (tertiary/aromatic N) is 4. The lowest BCUT2D eigenvalue weighted by molar-refractivity contribution is 0.176. The summed E-state index contributed by atoms with van der Waals surface area (Å²) in [7, 11) is 0. The van der Waals surface area contributed by atoms with Gasteiger partial charge in [0, 0.05) is 12.1 Å². The van der Waals surface area contributed by atoms with E-state index < -0.39 is 12.2 Å². The number of para-hydroxylation sites is 1. The van der Waals surface area contributed by atoms with Crippen molar-refractivity contribution in [2.75, 3.05) is 18.8 Å². The molecule has 152 valence electrons. The molecule has 7 nitrogen and oxygen atoms in total. The van der Waals surface area contributed by atoms with Crippen LogP contribution in [-0.2, 0) is 0 Å². The highest BCUT2D eigenvalue weighted by Crippen LogP contribution is 2.35. The highest BCUT2D eigenvalue weighted by molar-refractivity contribution is 5.98. The van der Waals surface area contributed by atoms with Crippen LogP contribution in [0.2, 0.25) is 0 Å². The van der Waals surface area contributed by atoms with Crippen LogP contribution in [0.4, 0.5) is 10.2 Å². The largest absolute Gasteiger partial charge is 0.457 e. The zero-order valence-corrected chi connectivity index (χ0v) is 16.2. The molecule has 5 rings (SSSR count). The van der Waals surface area contributed by atoms with Gasteiger partial charge in [0.2, 0.25) is 0 Å². The number of rotatable bonds is 4. The van der Waals surface area contributed by atoms with Gasteiger partial charge in [-0.25, -0.2) is 19.0 Å².